The lowest BCUT2D eigenvalue weighted by Gasteiger charge is -2.31. The van der Waals surface area contributed by atoms with Crippen molar-refractivity contribution in [2.45, 2.75) is 59.2 Å². The van der Waals surface area contributed by atoms with E-state index in [1.807, 2.05) is 32.9 Å². The highest BCUT2D eigenvalue weighted by molar-refractivity contribution is 5.52. The van der Waals surface area contributed by atoms with Gasteiger partial charge in [0.2, 0.25) is 0 Å². The molecular weight excluding hydrogens is 312 g/mol. The van der Waals surface area contributed by atoms with E-state index in [1.165, 1.54) is 11.1 Å². The van der Waals surface area contributed by atoms with Gasteiger partial charge in [0, 0.05) is 25.2 Å². The van der Waals surface area contributed by atoms with Gasteiger partial charge in [0.25, 0.3) is 0 Å². The monoisotopic (exact) mass is 340 g/mol. The Morgan fingerprint density at radius 3 is 2.60 bits per heavy atom. The average Bonchev–Trinajstić information content (AvgIpc) is 2.51. The Hall–Kier alpha value is -2.14. The standard InChI is InChI=1S/C20H28N4O/c1-13(2)21-18-11-19(23-14(3)22-18)24-9-8-15-10-17(20(4,5)25)7-6-16(15)12-24/h6-7,10-11,13,25H,8-9,12H2,1-5H3,(H,21,22,23). The maximum Gasteiger partial charge on any atom is 0.134 e. The van der Waals surface area contributed by atoms with Crippen LogP contribution in [0, 0.1) is 6.92 Å². The zero-order valence-corrected chi connectivity index (χ0v) is 15.8. The Bertz CT molecular complexity index is 765. The molecule has 1 aliphatic rings. The third-order valence-corrected chi connectivity index (χ3v) is 4.51. The Morgan fingerprint density at radius 2 is 1.92 bits per heavy atom. The van der Waals surface area contributed by atoms with E-state index < -0.39 is 5.60 Å². The molecule has 0 amide bonds. The van der Waals surface area contributed by atoms with Crippen LogP contribution in [0.1, 0.15) is 50.2 Å². The number of hydrogen-bond acceptors (Lipinski definition) is 5. The van der Waals surface area contributed by atoms with Crippen LogP contribution in [0.2, 0.25) is 0 Å². The molecule has 2 N–H and O–H groups in total. The van der Waals surface area contributed by atoms with Crippen LogP contribution in [0.25, 0.3) is 0 Å². The van der Waals surface area contributed by atoms with Gasteiger partial charge in [-0.05, 0) is 57.7 Å². The molecule has 0 atom stereocenters. The number of nitrogens with one attached hydrogen (secondary N) is 1. The molecule has 0 saturated heterocycles. The second-order valence-electron chi connectivity index (χ2n) is 7.67. The average molecular weight is 340 g/mol. The van der Waals surface area contributed by atoms with E-state index in [1.54, 1.807) is 0 Å². The van der Waals surface area contributed by atoms with Crippen molar-refractivity contribution in [3.05, 3.63) is 46.8 Å². The maximum absolute atomic E-state index is 10.2. The van der Waals surface area contributed by atoms with Crippen LogP contribution in [0.3, 0.4) is 0 Å². The first-order chi connectivity index (χ1) is 11.7. The molecule has 2 heterocycles. The number of aliphatic hydroxyl groups is 1. The molecule has 0 fully saturated rings. The highest BCUT2D eigenvalue weighted by atomic mass is 16.3. The minimum atomic E-state index is -0.798. The summed E-state index contributed by atoms with van der Waals surface area (Å²) in [5.41, 5.74) is 2.80. The zero-order chi connectivity index (χ0) is 18.2. The third kappa shape index (κ3) is 4.10. The van der Waals surface area contributed by atoms with Crippen LogP contribution in [0.4, 0.5) is 11.6 Å². The quantitative estimate of drug-likeness (QED) is 0.893. The van der Waals surface area contributed by atoms with Gasteiger partial charge in [-0.2, -0.15) is 0 Å². The lowest BCUT2D eigenvalue weighted by molar-refractivity contribution is 0.0785. The van der Waals surface area contributed by atoms with Crippen molar-refractivity contribution >= 4 is 11.6 Å². The smallest absolute Gasteiger partial charge is 0.134 e. The molecule has 0 aliphatic carbocycles. The van der Waals surface area contributed by atoms with Crippen molar-refractivity contribution in [1.82, 2.24) is 9.97 Å². The van der Waals surface area contributed by atoms with E-state index in [2.05, 4.69) is 46.2 Å². The van der Waals surface area contributed by atoms with Gasteiger partial charge in [-0.3, -0.25) is 0 Å². The Kier molecular flexibility index (Phi) is 4.69. The summed E-state index contributed by atoms with van der Waals surface area (Å²) in [5.74, 6) is 2.62. The highest BCUT2D eigenvalue weighted by Crippen LogP contribution is 2.28. The van der Waals surface area contributed by atoms with Gasteiger partial charge in [0.15, 0.2) is 0 Å². The lowest BCUT2D eigenvalue weighted by atomic mass is 9.91. The molecule has 1 aromatic carbocycles. The molecule has 0 bridgehead atoms. The van der Waals surface area contributed by atoms with E-state index in [-0.39, 0.29) is 0 Å². The van der Waals surface area contributed by atoms with Crippen LogP contribution < -0.4 is 10.2 Å². The van der Waals surface area contributed by atoms with Crippen molar-refractivity contribution in [3.8, 4) is 0 Å². The van der Waals surface area contributed by atoms with Crippen LogP contribution in [0.5, 0.6) is 0 Å². The van der Waals surface area contributed by atoms with Gasteiger partial charge >= 0.3 is 0 Å². The van der Waals surface area contributed by atoms with Crippen LogP contribution in [-0.2, 0) is 18.6 Å². The molecule has 25 heavy (non-hydrogen) atoms. The zero-order valence-electron chi connectivity index (χ0n) is 15.8. The summed E-state index contributed by atoms with van der Waals surface area (Å²) >= 11 is 0. The SMILES string of the molecule is Cc1nc(NC(C)C)cc(N2CCc3cc(C(C)(C)O)ccc3C2)n1. The number of benzene rings is 1. The number of fused-ring (bicyclic) bond motifs is 1. The summed E-state index contributed by atoms with van der Waals surface area (Å²) < 4.78 is 0. The van der Waals surface area contributed by atoms with Crippen molar-refractivity contribution in [2.75, 3.05) is 16.8 Å². The topological polar surface area (TPSA) is 61.3 Å². The fourth-order valence-corrected chi connectivity index (χ4v) is 3.21. The fraction of sp³-hybridized carbons (Fsp3) is 0.500. The highest BCUT2D eigenvalue weighted by Gasteiger charge is 2.22. The predicted octanol–water partition coefficient (Wildman–Crippen LogP) is 3.40. The number of aryl methyl sites for hydroxylation is 1. The van der Waals surface area contributed by atoms with Crippen LogP contribution in [-0.4, -0.2) is 27.7 Å². The molecule has 5 nitrogen and oxygen atoms in total. The Balaban J connectivity index is 1.84. The second-order valence-corrected chi connectivity index (χ2v) is 7.67. The van der Waals surface area contributed by atoms with E-state index >= 15 is 0 Å². The summed E-state index contributed by atoms with van der Waals surface area (Å²) in [6.07, 6.45) is 0.954. The molecule has 134 valence electrons. The van der Waals surface area contributed by atoms with Gasteiger partial charge in [-0.25, -0.2) is 9.97 Å². The summed E-state index contributed by atoms with van der Waals surface area (Å²) in [7, 11) is 0. The van der Waals surface area contributed by atoms with E-state index in [0.29, 0.717) is 6.04 Å². The number of rotatable bonds is 4. The number of nitrogens with zero attached hydrogens (tertiary/aromatic N) is 3. The minimum Gasteiger partial charge on any atom is -0.386 e. The second kappa shape index (κ2) is 6.64. The number of aromatic nitrogens is 2. The fourth-order valence-electron chi connectivity index (χ4n) is 3.21. The molecule has 3 rings (SSSR count). The van der Waals surface area contributed by atoms with Crippen molar-refractivity contribution in [3.63, 3.8) is 0 Å². The van der Waals surface area contributed by atoms with Gasteiger partial charge < -0.3 is 15.3 Å². The van der Waals surface area contributed by atoms with E-state index in [4.69, 9.17) is 0 Å². The lowest BCUT2D eigenvalue weighted by Crippen LogP contribution is -2.32. The van der Waals surface area contributed by atoms with E-state index in [9.17, 15) is 5.11 Å². The number of anilines is 2. The van der Waals surface area contributed by atoms with E-state index in [0.717, 1.165) is 42.5 Å². The van der Waals surface area contributed by atoms with Gasteiger partial charge in [0.05, 0.1) is 5.60 Å². The molecule has 5 heteroatoms. The van der Waals surface area contributed by atoms with Gasteiger partial charge in [0.1, 0.15) is 17.5 Å². The largest absolute Gasteiger partial charge is 0.386 e. The maximum atomic E-state index is 10.2. The van der Waals surface area contributed by atoms with Gasteiger partial charge in [-0.15, -0.1) is 0 Å². The summed E-state index contributed by atoms with van der Waals surface area (Å²) in [4.78, 5) is 11.4. The third-order valence-electron chi connectivity index (χ3n) is 4.51. The predicted molar refractivity (Wildman–Crippen MR) is 102 cm³/mol. The first-order valence-corrected chi connectivity index (χ1v) is 8.94. The first-order valence-electron chi connectivity index (χ1n) is 8.94. The molecule has 0 unspecified atom stereocenters. The molecule has 1 aromatic heterocycles. The molecule has 0 radical (unpaired) electrons. The Morgan fingerprint density at radius 1 is 1.16 bits per heavy atom. The molecule has 0 saturated carbocycles. The molecule has 0 spiro atoms. The number of hydrogen-bond donors (Lipinski definition) is 2. The molecule has 2 aromatic rings. The van der Waals surface area contributed by atoms with Crippen molar-refractivity contribution in [1.29, 1.82) is 0 Å². The van der Waals surface area contributed by atoms with Crippen molar-refractivity contribution < 1.29 is 5.11 Å². The summed E-state index contributed by atoms with van der Waals surface area (Å²) in [6.45, 7) is 11.6. The minimum absolute atomic E-state index is 0.337. The summed E-state index contributed by atoms with van der Waals surface area (Å²) in [5, 5.41) is 13.6. The normalized spacial score (nSPS) is 14.6. The van der Waals surface area contributed by atoms with Crippen LogP contribution >= 0.6 is 0 Å². The molecule has 1 aliphatic heterocycles. The van der Waals surface area contributed by atoms with Gasteiger partial charge in [-0.1, -0.05) is 18.2 Å². The first kappa shape index (κ1) is 17.7. The van der Waals surface area contributed by atoms with Crippen molar-refractivity contribution in [2.24, 2.45) is 0 Å². The molecular formula is C20H28N4O. The summed E-state index contributed by atoms with van der Waals surface area (Å²) in [6, 6.07) is 8.67. The Labute approximate surface area is 150 Å². The van der Waals surface area contributed by atoms with Crippen LogP contribution in [0.15, 0.2) is 24.3 Å².